The molecule has 0 radical (unpaired) electrons. The van der Waals surface area contributed by atoms with E-state index in [1.807, 2.05) is 7.11 Å². The second kappa shape index (κ2) is 4.19. The summed E-state index contributed by atoms with van der Waals surface area (Å²) >= 11 is 0. The first-order valence-electron chi connectivity index (χ1n) is 6.00. The standard InChI is InChI=1S/C12H23NO/c1-13-11(8-10-4-5-10)9-12(14-2)6-3-7-12/h10-11,13H,3-9H2,1-2H3. The number of methoxy groups -OCH3 is 1. The summed E-state index contributed by atoms with van der Waals surface area (Å²) in [6.07, 6.45) is 9.39. The predicted octanol–water partition coefficient (Wildman–Crippen LogP) is 2.33. The summed E-state index contributed by atoms with van der Waals surface area (Å²) < 4.78 is 5.67. The first-order valence-corrected chi connectivity index (χ1v) is 6.00. The third kappa shape index (κ3) is 2.29. The molecule has 2 heteroatoms. The zero-order chi connectivity index (χ0) is 10.0. The summed E-state index contributed by atoms with van der Waals surface area (Å²) in [5.41, 5.74) is 0.239. The third-order valence-electron chi connectivity index (χ3n) is 4.04. The van der Waals surface area contributed by atoms with Gasteiger partial charge in [0.15, 0.2) is 0 Å². The van der Waals surface area contributed by atoms with Gasteiger partial charge in [0.2, 0.25) is 0 Å². The molecule has 0 aliphatic heterocycles. The van der Waals surface area contributed by atoms with Crippen LogP contribution < -0.4 is 5.32 Å². The minimum absolute atomic E-state index is 0.239. The number of nitrogens with one attached hydrogen (secondary N) is 1. The monoisotopic (exact) mass is 197 g/mol. The number of hydrogen-bond acceptors (Lipinski definition) is 2. The van der Waals surface area contributed by atoms with Crippen LogP contribution in [0.3, 0.4) is 0 Å². The van der Waals surface area contributed by atoms with Crippen molar-refractivity contribution in [3.63, 3.8) is 0 Å². The van der Waals surface area contributed by atoms with Gasteiger partial charge in [0.25, 0.3) is 0 Å². The summed E-state index contributed by atoms with van der Waals surface area (Å²) in [5.74, 6) is 1.02. The van der Waals surface area contributed by atoms with E-state index in [-0.39, 0.29) is 5.60 Å². The van der Waals surface area contributed by atoms with Crippen molar-refractivity contribution >= 4 is 0 Å². The van der Waals surface area contributed by atoms with Crippen molar-refractivity contribution in [2.24, 2.45) is 5.92 Å². The Morgan fingerprint density at radius 1 is 1.43 bits per heavy atom. The van der Waals surface area contributed by atoms with Crippen LogP contribution in [0.25, 0.3) is 0 Å². The molecular formula is C12H23NO. The highest BCUT2D eigenvalue weighted by atomic mass is 16.5. The lowest BCUT2D eigenvalue weighted by molar-refractivity contribution is -0.0837. The minimum Gasteiger partial charge on any atom is -0.378 e. The van der Waals surface area contributed by atoms with E-state index in [2.05, 4.69) is 12.4 Å². The summed E-state index contributed by atoms with van der Waals surface area (Å²) in [6.45, 7) is 0. The number of ether oxygens (including phenoxy) is 1. The highest BCUT2D eigenvalue weighted by molar-refractivity contribution is 4.94. The average Bonchev–Trinajstić information content (AvgIpc) is 2.93. The van der Waals surface area contributed by atoms with Crippen molar-refractivity contribution in [3.05, 3.63) is 0 Å². The van der Waals surface area contributed by atoms with Crippen LogP contribution in [-0.2, 0) is 4.74 Å². The van der Waals surface area contributed by atoms with Crippen LogP contribution in [0.1, 0.15) is 44.9 Å². The predicted molar refractivity (Wildman–Crippen MR) is 58.4 cm³/mol. The SMILES string of the molecule is CNC(CC1CC1)CC1(OC)CCC1. The molecule has 0 aromatic carbocycles. The van der Waals surface area contributed by atoms with Crippen LogP contribution in [0.15, 0.2) is 0 Å². The van der Waals surface area contributed by atoms with Crippen molar-refractivity contribution < 1.29 is 4.74 Å². The van der Waals surface area contributed by atoms with Gasteiger partial charge < -0.3 is 10.1 Å². The second-order valence-electron chi connectivity index (χ2n) is 5.11. The molecule has 0 saturated heterocycles. The van der Waals surface area contributed by atoms with Gasteiger partial charge in [0, 0.05) is 13.2 Å². The molecule has 1 unspecified atom stereocenters. The van der Waals surface area contributed by atoms with Crippen LogP contribution in [0.2, 0.25) is 0 Å². The molecule has 1 atom stereocenters. The number of rotatable bonds is 6. The zero-order valence-electron chi connectivity index (χ0n) is 9.51. The zero-order valence-corrected chi connectivity index (χ0v) is 9.51. The molecule has 0 aromatic rings. The summed E-state index contributed by atoms with van der Waals surface area (Å²) in [4.78, 5) is 0. The average molecular weight is 197 g/mol. The van der Waals surface area contributed by atoms with Gasteiger partial charge in [0.05, 0.1) is 5.60 Å². The Labute approximate surface area is 87.4 Å². The fourth-order valence-electron chi connectivity index (χ4n) is 2.57. The lowest BCUT2D eigenvalue weighted by atomic mass is 9.75. The molecule has 0 aromatic heterocycles. The van der Waals surface area contributed by atoms with Crippen molar-refractivity contribution in [1.82, 2.24) is 5.32 Å². The fourth-order valence-corrected chi connectivity index (χ4v) is 2.57. The first kappa shape index (κ1) is 10.4. The Morgan fingerprint density at radius 3 is 2.50 bits per heavy atom. The van der Waals surface area contributed by atoms with Gasteiger partial charge in [-0.25, -0.2) is 0 Å². The van der Waals surface area contributed by atoms with E-state index in [1.165, 1.54) is 44.9 Å². The van der Waals surface area contributed by atoms with Crippen LogP contribution in [0, 0.1) is 5.92 Å². The van der Waals surface area contributed by atoms with E-state index in [0.29, 0.717) is 6.04 Å². The van der Waals surface area contributed by atoms with E-state index in [0.717, 1.165) is 5.92 Å². The first-order chi connectivity index (χ1) is 6.78. The molecule has 2 saturated carbocycles. The van der Waals surface area contributed by atoms with E-state index in [9.17, 15) is 0 Å². The molecule has 2 nitrogen and oxygen atoms in total. The Morgan fingerprint density at radius 2 is 2.14 bits per heavy atom. The molecule has 2 aliphatic rings. The summed E-state index contributed by atoms with van der Waals surface area (Å²) in [6, 6.07) is 0.683. The molecule has 0 heterocycles. The second-order valence-corrected chi connectivity index (χ2v) is 5.11. The van der Waals surface area contributed by atoms with E-state index in [1.54, 1.807) is 0 Å². The molecule has 2 rings (SSSR count). The molecule has 0 spiro atoms. The molecular weight excluding hydrogens is 174 g/mol. The maximum atomic E-state index is 5.67. The molecule has 82 valence electrons. The summed E-state index contributed by atoms with van der Waals surface area (Å²) in [7, 11) is 3.97. The lowest BCUT2D eigenvalue weighted by Gasteiger charge is -2.42. The van der Waals surface area contributed by atoms with Crippen LogP contribution in [0.4, 0.5) is 0 Å². The van der Waals surface area contributed by atoms with Crippen molar-refractivity contribution in [2.45, 2.75) is 56.6 Å². The molecule has 1 N–H and O–H groups in total. The molecule has 2 aliphatic carbocycles. The Balaban J connectivity index is 1.79. The van der Waals surface area contributed by atoms with E-state index in [4.69, 9.17) is 4.74 Å². The maximum Gasteiger partial charge on any atom is 0.0693 e. The Bertz CT molecular complexity index is 179. The molecule has 0 amide bonds. The fraction of sp³-hybridized carbons (Fsp3) is 1.00. The number of hydrogen-bond donors (Lipinski definition) is 1. The van der Waals surface area contributed by atoms with Crippen LogP contribution >= 0.6 is 0 Å². The van der Waals surface area contributed by atoms with Gasteiger partial charge in [0.1, 0.15) is 0 Å². The van der Waals surface area contributed by atoms with E-state index >= 15 is 0 Å². The van der Waals surface area contributed by atoms with Gasteiger partial charge in [-0.1, -0.05) is 12.8 Å². The highest BCUT2D eigenvalue weighted by Gasteiger charge is 2.39. The topological polar surface area (TPSA) is 21.3 Å². The highest BCUT2D eigenvalue weighted by Crippen LogP contribution is 2.41. The maximum absolute atomic E-state index is 5.67. The van der Waals surface area contributed by atoms with Gasteiger partial charge in [-0.15, -0.1) is 0 Å². The Kier molecular flexibility index (Phi) is 3.13. The molecule has 14 heavy (non-hydrogen) atoms. The van der Waals surface area contributed by atoms with E-state index < -0.39 is 0 Å². The van der Waals surface area contributed by atoms with Gasteiger partial charge >= 0.3 is 0 Å². The quantitative estimate of drug-likeness (QED) is 0.705. The van der Waals surface area contributed by atoms with Crippen LogP contribution in [0.5, 0.6) is 0 Å². The Hall–Kier alpha value is -0.0800. The normalized spacial score (nSPS) is 27.0. The molecule has 2 fully saturated rings. The minimum atomic E-state index is 0.239. The van der Waals surface area contributed by atoms with Crippen molar-refractivity contribution in [3.8, 4) is 0 Å². The lowest BCUT2D eigenvalue weighted by Crippen LogP contribution is -2.45. The smallest absolute Gasteiger partial charge is 0.0693 e. The third-order valence-corrected chi connectivity index (χ3v) is 4.04. The molecule has 0 bridgehead atoms. The summed E-state index contributed by atoms with van der Waals surface area (Å²) in [5, 5.41) is 3.45. The van der Waals surface area contributed by atoms with Crippen molar-refractivity contribution in [2.75, 3.05) is 14.2 Å². The van der Waals surface area contributed by atoms with Crippen LogP contribution in [-0.4, -0.2) is 25.8 Å². The van der Waals surface area contributed by atoms with Gasteiger partial charge in [-0.05, 0) is 45.1 Å². The van der Waals surface area contributed by atoms with Crippen molar-refractivity contribution in [1.29, 1.82) is 0 Å². The van der Waals surface area contributed by atoms with Gasteiger partial charge in [-0.3, -0.25) is 0 Å². The largest absolute Gasteiger partial charge is 0.378 e. The van der Waals surface area contributed by atoms with Gasteiger partial charge in [-0.2, -0.15) is 0 Å².